The van der Waals surface area contributed by atoms with Crippen molar-refractivity contribution in [1.29, 1.82) is 0 Å². The van der Waals surface area contributed by atoms with E-state index in [1.165, 1.54) is 0 Å². The first kappa shape index (κ1) is 15.4. The molecule has 3 N–H and O–H groups in total. The highest BCUT2D eigenvalue weighted by Gasteiger charge is 2.26. The number of amides is 1. The molecule has 1 aliphatic carbocycles. The third-order valence-electron chi connectivity index (χ3n) is 3.97. The Morgan fingerprint density at radius 1 is 1.38 bits per heavy atom. The number of carbonyl (C=O) groups excluding carboxylic acids is 1. The fraction of sp³-hybridized carbons (Fsp3) is 0.500. The SMILES string of the molecule is NCC1CCC(C(=O)Nc2cc([N+](=O)[O-])ccc2F)CC1. The molecule has 0 saturated heterocycles. The van der Waals surface area contributed by atoms with Gasteiger partial charge in [0.05, 0.1) is 10.6 Å². The van der Waals surface area contributed by atoms with Crippen LogP contribution in [0, 0.1) is 27.8 Å². The number of non-ortho nitro benzene ring substituents is 1. The normalized spacial score (nSPS) is 21.8. The maximum atomic E-state index is 13.6. The summed E-state index contributed by atoms with van der Waals surface area (Å²) in [5.74, 6) is -0.704. The number of hydrogen-bond acceptors (Lipinski definition) is 4. The molecule has 0 aromatic heterocycles. The molecule has 6 nitrogen and oxygen atoms in total. The molecule has 114 valence electrons. The van der Waals surface area contributed by atoms with Crippen molar-refractivity contribution in [2.45, 2.75) is 25.7 Å². The summed E-state index contributed by atoms with van der Waals surface area (Å²) in [7, 11) is 0. The molecule has 1 aromatic carbocycles. The Labute approximate surface area is 121 Å². The van der Waals surface area contributed by atoms with E-state index in [1.54, 1.807) is 0 Å². The van der Waals surface area contributed by atoms with Gasteiger partial charge in [-0.1, -0.05) is 0 Å². The first-order valence-electron chi connectivity index (χ1n) is 6.96. The standard InChI is InChI=1S/C14H18FN3O3/c15-12-6-5-11(18(20)21)7-13(12)17-14(19)10-3-1-9(8-16)2-4-10/h5-7,9-10H,1-4,8,16H2,(H,17,19). The van der Waals surface area contributed by atoms with Crippen LogP contribution in [0.15, 0.2) is 18.2 Å². The monoisotopic (exact) mass is 295 g/mol. The van der Waals surface area contributed by atoms with Gasteiger partial charge in [0, 0.05) is 18.1 Å². The van der Waals surface area contributed by atoms with E-state index in [0.29, 0.717) is 25.3 Å². The van der Waals surface area contributed by atoms with Crippen LogP contribution in [0.5, 0.6) is 0 Å². The van der Waals surface area contributed by atoms with Gasteiger partial charge in [0.25, 0.3) is 5.69 Å². The summed E-state index contributed by atoms with van der Waals surface area (Å²) < 4.78 is 13.6. The number of halogens is 1. The summed E-state index contributed by atoms with van der Waals surface area (Å²) in [6.07, 6.45) is 3.19. The Morgan fingerprint density at radius 2 is 2.05 bits per heavy atom. The van der Waals surface area contributed by atoms with Crippen LogP contribution in [-0.4, -0.2) is 17.4 Å². The lowest BCUT2D eigenvalue weighted by molar-refractivity contribution is -0.384. The van der Waals surface area contributed by atoms with Crippen LogP contribution < -0.4 is 11.1 Å². The fourth-order valence-corrected chi connectivity index (χ4v) is 2.62. The zero-order valence-electron chi connectivity index (χ0n) is 11.5. The molecule has 0 aliphatic heterocycles. The van der Waals surface area contributed by atoms with Gasteiger partial charge in [0.2, 0.25) is 5.91 Å². The number of rotatable bonds is 4. The van der Waals surface area contributed by atoms with Crippen molar-refractivity contribution in [3.8, 4) is 0 Å². The smallest absolute Gasteiger partial charge is 0.271 e. The van der Waals surface area contributed by atoms with Crippen LogP contribution in [0.1, 0.15) is 25.7 Å². The number of nitrogens with zero attached hydrogens (tertiary/aromatic N) is 1. The minimum Gasteiger partial charge on any atom is -0.330 e. The highest BCUT2D eigenvalue weighted by atomic mass is 19.1. The van der Waals surface area contributed by atoms with Gasteiger partial charge < -0.3 is 11.1 Å². The molecule has 0 bridgehead atoms. The third-order valence-corrected chi connectivity index (χ3v) is 3.97. The van der Waals surface area contributed by atoms with Crippen molar-refractivity contribution in [1.82, 2.24) is 0 Å². The quantitative estimate of drug-likeness (QED) is 0.658. The first-order valence-corrected chi connectivity index (χ1v) is 6.96. The molecule has 0 heterocycles. The van der Waals surface area contributed by atoms with E-state index in [-0.39, 0.29) is 23.2 Å². The van der Waals surface area contributed by atoms with E-state index in [2.05, 4.69) is 5.32 Å². The molecule has 1 aliphatic rings. The summed E-state index contributed by atoms with van der Waals surface area (Å²) in [5, 5.41) is 13.1. The number of nitrogens with one attached hydrogen (secondary N) is 1. The van der Waals surface area contributed by atoms with E-state index in [9.17, 15) is 19.3 Å². The molecule has 0 radical (unpaired) electrons. The number of nitro benzene ring substituents is 1. The number of carbonyl (C=O) groups is 1. The molecule has 1 amide bonds. The Bertz CT molecular complexity index is 542. The van der Waals surface area contributed by atoms with Crippen molar-refractivity contribution >= 4 is 17.3 Å². The van der Waals surface area contributed by atoms with Gasteiger partial charge in [-0.05, 0) is 44.2 Å². The molecule has 0 spiro atoms. The minimum absolute atomic E-state index is 0.143. The van der Waals surface area contributed by atoms with Crippen LogP contribution in [0.4, 0.5) is 15.8 Å². The zero-order chi connectivity index (χ0) is 15.4. The van der Waals surface area contributed by atoms with Crippen molar-refractivity contribution in [3.05, 3.63) is 34.1 Å². The number of benzene rings is 1. The summed E-state index contributed by atoms with van der Waals surface area (Å²) in [5.41, 5.74) is 5.20. The van der Waals surface area contributed by atoms with Crippen molar-refractivity contribution < 1.29 is 14.1 Å². The van der Waals surface area contributed by atoms with Gasteiger partial charge in [-0.2, -0.15) is 0 Å². The Hall–Kier alpha value is -2.02. The molecule has 1 aromatic rings. The average molecular weight is 295 g/mol. The number of hydrogen-bond donors (Lipinski definition) is 2. The van der Waals surface area contributed by atoms with Crippen LogP contribution in [0.3, 0.4) is 0 Å². The number of nitro groups is 1. The van der Waals surface area contributed by atoms with E-state index in [1.807, 2.05) is 0 Å². The van der Waals surface area contributed by atoms with E-state index in [4.69, 9.17) is 5.73 Å². The average Bonchev–Trinajstić information content (AvgIpc) is 2.49. The molecule has 2 rings (SSSR count). The van der Waals surface area contributed by atoms with Gasteiger partial charge in [-0.15, -0.1) is 0 Å². The van der Waals surface area contributed by atoms with E-state index >= 15 is 0 Å². The van der Waals surface area contributed by atoms with E-state index in [0.717, 1.165) is 31.0 Å². The van der Waals surface area contributed by atoms with Gasteiger partial charge in [0.1, 0.15) is 5.82 Å². The Morgan fingerprint density at radius 3 is 2.62 bits per heavy atom. The van der Waals surface area contributed by atoms with Crippen LogP contribution in [0.25, 0.3) is 0 Å². The lowest BCUT2D eigenvalue weighted by atomic mass is 9.81. The number of nitrogens with two attached hydrogens (primary N) is 1. The molecular weight excluding hydrogens is 277 g/mol. The predicted molar refractivity (Wildman–Crippen MR) is 76.2 cm³/mol. The van der Waals surface area contributed by atoms with Crippen LogP contribution >= 0.6 is 0 Å². The second-order valence-electron chi connectivity index (χ2n) is 5.36. The van der Waals surface area contributed by atoms with E-state index < -0.39 is 10.7 Å². The lowest BCUT2D eigenvalue weighted by Gasteiger charge is -2.26. The predicted octanol–water partition coefficient (Wildman–Crippen LogP) is 2.44. The summed E-state index contributed by atoms with van der Waals surface area (Å²) in [4.78, 5) is 22.2. The van der Waals surface area contributed by atoms with Crippen molar-refractivity contribution in [2.75, 3.05) is 11.9 Å². The highest BCUT2D eigenvalue weighted by Crippen LogP contribution is 2.30. The molecular formula is C14H18FN3O3. The molecule has 0 unspecified atom stereocenters. The van der Waals surface area contributed by atoms with Crippen molar-refractivity contribution in [3.63, 3.8) is 0 Å². The molecule has 1 saturated carbocycles. The maximum absolute atomic E-state index is 13.6. The van der Waals surface area contributed by atoms with Gasteiger partial charge in [-0.25, -0.2) is 4.39 Å². The second-order valence-corrected chi connectivity index (χ2v) is 5.36. The Kier molecular flexibility index (Phi) is 4.85. The lowest BCUT2D eigenvalue weighted by Crippen LogP contribution is -2.29. The topological polar surface area (TPSA) is 98.3 Å². The molecule has 7 heteroatoms. The minimum atomic E-state index is -0.676. The fourth-order valence-electron chi connectivity index (χ4n) is 2.62. The highest BCUT2D eigenvalue weighted by molar-refractivity contribution is 5.93. The third kappa shape index (κ3) is 3.75. The molecule has 1 fully saturated rings. The summed E-state index contributed by atoms with van der Waals surface area (Å²) in [6.45, 7) is 0.619. The van der Waals surface area contributed by atoms with Gasteiger partial charge in [0.15, 0.2) is 0 Å². The summed E-state index contributed by atoms with van der Waals surface area (Å²) in [6, 6.07) is 3.09. The zero-order valence-corrected chi connectivity index (χ0v) is 11.5. The maximum Gasteiger partial charge on any atom is 0.271 e. The Balaban J connectivity index is 2.03. The second kappa shape index (κ2) is 6.62. The van der Waals surface area contributed by atoms with Gasteiger partial charge >= 0.3 is 0 Å². The van der Waals surface area contributed by atoms with Crippen LogP contribution in [-0.2, 0) is 4.79 Å². The molecule has 21 heavy (non-hydrogen) atoms. The summed E-state index contributed by atoms with van der Waals surface area (Å²) >= 11 is 0. The largest absolute Gasteiger partial charge is 0.330 e. The van der Waals surface area contributed by atoms with Crippen molar-refractivity contribution in [2.24, 2.45) is 17.6 Å². The first-order chi connectivity index (χ1) is 10.0. The van der Waals surface area contributed by atoms with Gasteiger partial charge in [-0.3, -0.25) is 14.9 Å². The molecule has 0 atom stereocenters. The van der Waals surface area contributed by atoms with Crippen LogP contribution in [0.2, 0.25) is 0 Å². The number of anilines is 1.